The van der Waals surface area contributed by atoms with Crippen LogP contribution >= 0.6 is 0 Å². The maximum Gasteiger partial charge on any atom is 0.146 e. The first-order valence-electron chi connectivity index (χ1n) is 6.56. The van der Waals surface area contributed by atoms with Gasteiger partial charge in [-0.25, -0.2) is 0 Å². The average molecular weight is 266 g/mol. The molecular weight excluding hydrogens is 248 g/mol. The van der Waals surface area contributed by atoms with E-state index in [0.717, 1.165) is 24.0 Å². The molecule has 0 aliphatic carbocycles. The number of aldehydes is 1. The van der Waals surface area contributed by atoms with Gasteiger partial charge in [0.1, 0.15) is 12.0 Å². The summed E-state index contributed by atoms with van der Waals surface area (Å²) in [6.45, 7) is 3.89. The molecule has 0 radical (unpaired) electrons. The van der Waals surface area contributed by atoms with E-state index in [4.69, 9.17) is 4.74 Å². The zero-order valence-electron chi connectivity index (χ0n) is 11.6. The monoisotopic (exact) mass is 266 g/mol. The van der Waals surface area contributed by atoms with Crippen molar-refractivity contribution < 1.29 is 9.53 Å². The number of rotatable bonds is 6. The van der Waals surface area contributed by atoms with Gasteiger partial charge >= 0.3 is 0 Å². The van der Waals surface area contributed by atoms with Gasteiger partial charge in [0.2, 0.25) is 0 Å². The van der Waals surface area contributed by atoms with E-state index >= 15 is 0 Å². The molecule has 0 aliphatic rings. The summed E-state index contributed by atoms with van der Waals surface area (Å²) in [4.78, 5) is 11.1. The van der Waals surface area contributed by atoms with Gasteiger partial charge in [0.05, 0.1) is 7.11 Å². The lowest BCUT2D eigenvalue weighted by Gasteiger charge is -2.17. The Hall–Kier alpha value is -2.35. The number of hydrogen-bond donors (Lipinski definition) is 0. The Morgan fingerprint density at radius 3 is 2.35 bits per heavy atom. The van der Waals surface area contributed by atoms with Crippen molar-refractivity contribution in [2.75, 3.05) is 7.11 Å². The molecule has 0 aromatic heterocycles. The second kappa shape index (κ2) is 6.71. The molecule has 20 heavy (non-hydrogen) atoms. The largest absolute Gasteiger partial charge is 0.497 e. The molecule has 0 bridgehead atoms. The summed E-state index contributed by atoms with van der Waals surface area (Å²) in [5, 5.41) is 0. The third-order valence-corrected chi connectivity index (χ3v) is 3.40. The smallest absolute Gasteiger partial charge is 0.146 e. The molecule has 0 saturated heterocycles. The van der Waals surface area contributed by atoms with E-state index in [1.807, 2.05) is 42.5 Å². The van der Waals surface area contributed by atoms with Gasteiger partial charge in [0, 0.05) is 5.92 Å². The molecule has 0 aliphatic heterocycles. The molecule has 1 unspecified atom stereocenters. The zero-order chi connectivity index (χ0) is 14.4. The van der Waals surface area contributed by atoms with Crippen LogP contribution in [0.1, 0.15) is 17.0 Å². The highest BCUT2D eigenvalue weighted by Gasteiger charge is 2.15. The van der Waals surface area contributed by atoms with Crippen molar-refractivity contribution >= 4 is 6.29 Å². The summed E-state index contributed by atoms with van der Waals surface area (Å²) in [6, 6.07) is 17.9. The minimum absolute atomic E-state index is 0.000746. The van der Waals surface area contributed by atoms with Crippen LogP contribution in [0.3, 0.4) is 0 Å². The Kier molecular flexibility index (Phi) is 4.72. The fraction of sp³-hybridized carbons (Fsp3) is 0.167. The minimum atomic E-state index is 0.000746. The summed E-state index contributed by atoms with van der Waals surface area (Å²) in [7, 11) is 1.64. The number of methoxy groups -OCH3 is 1. The Labute approximate surface area is 119 Å². The fourth-order valence-electron chi connectivity index (χ4n) is 2.23. The Morgan fingerprint density at radius 1 is 1.15 bits per heavy atom. The van der Waals surface area contributed by atoms with Gasteiger partial charge in [0.15, 0.2) is 0 Å². The SMILES string of the molecule is C=C(C=O)C(Cc1ccccc1)c1ccc(OC)cc1. The lowest BCUT2D eigenvalue weighted by molar-refractivity contribution is -0.105. The van der Waals surface area contributed by atoms with E-state index in [-0.39, 0.29) is 5.92 Å². The number of ether oxygens (including phenoxy) is 1. The van der Waals surface area contributed by atoms with Gasteiger partial charge in [-0.05, 0) is 35.3 Å². The molecule has 0 N–H and O–H groups in total. The predicted octanol–water partition coefficient (Wildman–Crippen LogP) is 3.78. The van der Waals surface area contributed by atoms with Crippen LogP contribution in [0, 0.1) is 0 Å². The van der Waals surface area contributed by atoms with Gasteiger partial charge in [-0.1, -0.05) is 49.0 Å². The van der Waals surface area contributed by atoms with Crippen molar-refractivity contribution in [2.45, 2.75) is 12.3 Å². The summed E-state index contributed by atoms with van der Waals surface area (Å²) < 4.78 is 5.16. The molecule has 2 heteroatoms. The zero-order valence-corrected chi connectivity index (χ0v) is 11.6. The summed E-state index contributed by atoms with van der Waals surface area (Å²) >= 11 is 0. The molecule has 2 nitrogen and oxygen atoms in total. The van der Waals surface area contributed by atoms with Crippen molar-refractivity contribution in [3.05, 3.63) is 77.9 Å². The standard InChI is InChI=1S/C18H18O2/c1-14(13-19)18(12-15-6-4-3-5-7-15)16-8-10-17(20-2)11-9-16/h3-11,13,18H,1,12H2,2H3. The van der Waals surface area contributed by atoms with Crippen LogP contribution in [0.15, 0.2) is 66.7 Å². The summed E-state index contributed by atoms with van der Waals surface area (Å²) in [5.41, 5.74) is 2.86. The van der Waals surface area contributed by atoms with Gasteiger partial charge in [-0.15, -0.1) is 0 Å². The topological polar surface area (TPSA) is 26.3 Å². The normalized spacial score (nSPS) is 11.7. The molecule has 2 rings (SSSR count). The molecule has 2 aromatic rings. The van der Waals surface area contributed by atoms with Crippen molar-refractivity contribution in [3.8, 4) is 5.75 Å². The average Bonchev–Trinajstić information content (AvgIpc) is 2.53. The first-order chi connectivity index (χ1) is 9.74. The van der Waals surface area contributed by atoms with Crippen LogP contribution in [0.2, 0.25) is 0 Å². The van der Waals surface area contributed by atoms with Crippen molar-refractivity contribution in [2.24, 2.45) is 0 Å². The van der Waals surface area contributed by atoms with Crippen LogP contribution in [-0.4, -0.2) is 13.4 Å². The van der Waals surface area contributed by atoms with Gasteiger partial charge < -0.3 is 4.74 Å². The van der Waals surface area contributed by atoms with Gasteiger partial charge in [-0.2, -0.15) is 0 Å². The Balaban J connectivity index is 2.27. The second-order valence-electron chi connectivity index (χ2n) is 4.71. The molecule has 1 atom stereocenters. The second-order valence-corrected chi connectivity index (χ2v) is 4.71. The predicted molar refractivity (Wildman–Crippen MR) is 81.1 cm³/mol. The van der Waals surface area contributed by atoms with Crippen LogP contribution < -0.4 is 4.74 Å². The van der Waals surface area contributed by atoms with Crippen molar-refractivity contribution in [3.63, 3.8) is 0 Å². The first kappa shape index (κ1) is 14.1. The Bertz CT molecular complexity index is 570. The maximum atomic E-state index is 11.1. The van der Waals surface area contributed by atoms with E-state index < -0.39 is 0 Å². The molecule has 0 fully saturated rings. The van der Waals surface area contributed by atoms with E-state index in [1.165, 1.54) is 5.56 Å². The molecule has 0 heterocycles. The van der Waals surface area contributed by atoms with E-state index in [0.29, 0.717) is 5.57 Å². The lowest BCUT2D eigenvalue weighted by atomic mass is 9.87. The molecule has 0 spiro atoms. The van der Waals surface area contributed by atoms with Gasteiger partial charge in [0.25, 0.3) is 0 Å². The highest BCUT2D eigenvalue weighted by atomic mass is 16.5. The first-order valence-corrected chi connectivity index (χ1v) is 6.56. The van der Waals surface area contributed by atoms with Crippen LogP contribution in [0.4, 0.5) is 0 Å². The highest BCUT2D eigenvalue weighted by molar-refractivity contribution is 5.75. The lowest BCUT2D eigenvalue weighted by Crippen LogP contribution is -2.07. The number of hydrogen-bond acceptors (Lipinski definition) is 2. The third kappa shape index (κ3) is 3.35. The number of allylic oxidation sites excluding steroid dienone is 1. The molecule has 2 aromatic carbocycles. The molecular formula is C18H18O2. The van der Waals surface area contributed by atoms with E-state index in [9.17, 15) is 4.79 Å². The highest BCUT2D eigenvalue weighted by Crippen LogP contribution is 2.28. The third-order valence-electron chi connectivity index (χ3n) is 3.40. The van der Waals surface area contributed by atoms with Gasteiger partial charge in [-0.3, -0.25) is 4.79 Å². The van der Waals surface area contributed by atoms with E-state index in [1.54, 1.807) is 7.11 Å². The van der Waals surface area contributed by atoms with Crippen LogP contribution in [0.5, 0.6) is 5.75 Å². The van der Waals surface area contributed by atoms with Crippen LogP contribution in [-0.2, 0) is 11.2 Å². The van der Waals surface area contributed by atoms with Crippen molar-refractivity contribution in [1.29, 1.82) is 0 Å². The molecule has 0 saturated carbocycles. The Morgan fingerprint density at radius 2 is 1.80 bits per heavy atom. The quantitative estimate of drug-likeness (QED) is 0.587. The number of benzene rings is 2. The summed E-state index contributed by atoms with van der Waals surface area (Å²) in [5.74, 6) is 0.810. The molecule has 102 valence electrons. The molecule has 0 amide bonds. The van der Waals surface area contributed by atoms with Crippen molar-refractivity contribution in [1.82, 2.24) is 0 Å². The number of carbonyl (C=O) groups is 1. The maximum absolute atomic E-state index is 11.1. The summed E-state index contributed by atoms with van der Waals surface area (Å²) in [6.07, 6.45) is 1.61. The van der Waals surface area contributed by atoms with E-state index in [2.05, 4.69) is 18.7 Å². The minimum Gasteiger partial charge on any atom is -0.497 e. The van der Waals surface area contributed by atoms with Crippen LogP contribution in [0.25, 0.3) is 0 Å². The fourth-order valence-corrected chi connectivity index (χ4v) is 2.23. The number of carbonyl (C=O) groups excluding carboxylic acids is 1.